The molecule has 0 atom stereocenters. The molecule has 8 nitrogen and oxygen atoms in total. The molecule has 1 fully saturated rings. The highest BCUT2D eigenvalue weighted by Crippen LogP contribution is 2.35. The summed E-state index contributed by atoms with van der Waals surface area (Å²) in [4.78, 5) is 38.8. The van der Waals surface area contributed by atoms with Crippen molar-refractivity contribution in [3.05, 3.63) is 38.4 Å². The quantitative estimate of drug-likeness (QED) is 0.563. The van der Waals surface area contributed by atoms with E-state index in [1.807, 2.05) is 20.8 Å². The van der Waals surface area contributed by atoms with Gasteiger partial charge in [-0.05, 0) is 45.2 Å². The number of piperidine rings is 1. The zero-order valence-electron chi connectivity index (χ0n) is 15.5. The summed E-state index contributed by atoms with van der Waals surface area (Å²) >= 11 is 5.94. The number of nitro groups is 1. The van der Waals surface area contributed by atoms with Crippen molar-refractivity contribution >= 4 is 29.3 Å². The van der Waals surface area contributed by atoms with Crippen LogP contribution in [0.4, 0.5) is 10.5 Å². The summed E-state index contributed by atoms with van der Waals surface area (Å²) in [6.07, 6.45) is 0.920. The molecule has 2 aliphatic heterocycles. The molecule has 0 spiro atoms. The molecule has 0 radical (unpaired) electrons. The first-order valence-corrected chi connectivity index (χ1v) is 9.20. The van der Waals surface area contributed by atoms with Crippen molar-refractivity contribution in [1.82, 2.24) is 9.80 Å². The monoisotopic (exact) mass is 395 g/mol. The second-order valence-corrected chi connectivity index (χ2v) is 8.26. The highest BCUT2D eigenvalue weighted by Gasteiger charge is 2.37. The zero-order chi connectivity index (χ0) is 19.9. The number of nitro benzene ring substituents is 1. The maximum absolute atomic E-state index is 12.7. The van der Waals surface area contributed by atoms with Crippen LogP contribution in [0.3, 0.4) is 0 Å². The molecule has 1 saturated heterocycles. The first-order chi connectivity index (χ1) is 12.6. The number of ether oxygens (including phenoxy) is 1. The van der Waals surface area contributed by atoms with Crippen molar-refractivity contribution in [1.29, 1.82) is 0 Å². The highest BCUT2D eigenvalue weighted by atomic mass is 35.5. The van der Waals surface area contributed by atoms with E-state index in [1.54, 1.807) is 9.80 Å². The lowest BCUT2D eigenvalue weighted by molar-refractivity contribution is -0.384. The molecular weight excluding hydrogens is 374 g/mol. The van der Waals surface area contributed by atoms with Crippen molar-refractivity contribution in [3.63, 3.8) is 0 Å². The average Bonchev–Trinajstić information content (AvgIpc) is 2.89. The second-order valence-electron chi connectivity index (χ2n) is 7.85. The second kappa shape index (κ2) is 6.99. The van der Waals surface area contributed by atoms with E-state index in [2.05, 4.69) is 0 Å². The molecule has 146 valence electrons. The number of nitrogens with zero attached hydrogens (tertiary/aromatic N) is 3. The normalized spacial score (nSPS) is 17.9. The Morgan fingerprint density at radius 1 is 1.30 bits per heavy atom. The van der Waals surface area contributed by atoms with E-state index in [4.69, 9.17) is 16.3 Å². The number of hydrogen-bond donors (Lipinski definition) is 0. The Hall–Kier alpha value is -2.35. The molecule has 0 saturated carbocycles. The summed E-state index contributed by atoms with van der Waals surface area (Å²) in [6.45, 7) is 6.79. The standard InChI is InChI=1S/C18H22ClN3O5/c1-18(2,3)27-17(24)20-6-4-12(5-7-20)21-10-11-8-15(22(25)26)14(19)9-13(11)16(21)23/h8-9,12H,4-7,10H2,1-3H3. The molecule has 1 aromatic carbocycles. The molecule has 2 amide bonds. The Bertz CT molecular complexity index is 797. The van der Waals surface area contributed by atoms with Gasteiger partial charge in [-0.2, -0.15) is 0 Å². The van der Waals surface area contributed by atoms with Crippen LogP contribution in [-0.2, 0) is 11.3 Å². The Morgan fingerprint density at radius 3 is 2.48 bits per heavy atom. The maximum Gasteiger partial charge on any atom is 0.410 e. The lowest BCUT2D eigenvalue weighted by atomic mass is 10.0. The SMILES string of the molecule is CC(C)(C)OC(=O)N1CCC(N2Cc3cc([N+](=O)[O-])c(Cl)cc3C2=O)CC1. The van der Waals surface area contributed by atoms with E-state index in [9.17, 15) is 19.7 Å². The first kappa shape index (κ1) is 19.4. The molecule has 27 heavy (non-hydrogen) atoms. The lowest BCUT2D eigenvalue weighted by Crippen LogP contribution is -2.48. The maximum atomic E-state index is 12.7. The van der Waals surface area contributed by atoms with Crippen molar-refractivity contribution in [2.45, 2.75) is 51.8 Å². The van der Waals surface area contributed by atoms with Crippen LogP contribution in [0.5, 0.6) is 0 Å². The minimum absolute atomic E-state index is 0.0265. The topological polar surface area (TPSA) is 93.0 Å². The number of fused-ring (bicyclic) bond motifs is 1. The Balaban J connectivity index is 1.67. The van der Waals surface area contributed by atoms with Crippen LogP contribution in [-0.4, -0.2) is 51.5 Å². The fourth-order valence-electron chi connectivity index (χ4n) is 3.47. The lowest BCUT2D eigenvalue weighted by Gasteiger charge is -2.37. The number of hydrogen-bond acceptors (Lipinski definition) is 5. The van der Waals surface area contributed by atoms with Gasteiger partial charge >= 0.3 is 6.09 Å². The Labute approximate surface area is 162 Å². The van der Waals surface area contributed by atoms with Crippen LogP contribution < -0.4 is 0 Å². The van der Waals surface area contributed by atoms with Crippen LogP contribution in [0.1, 0.15) is 49.5 Å². The van der Waals surface area contributed by atoms with E-state index in [-0.39, 0.29) is 28.8 Å². The van der Waals surface area contributed by atoms with Gasteiger partial charge in [-0.15, -0.1) is 0 Å². The van der Waals surface area contributed by atoms with Crippen LogP contribution in [0.25, 0.3) is 0 Å². The van der Waals surface area contributed by atoms with Gasteiger partial charge in [0.2, 0.25) is 0 Å². The van der Waals surface area contributed by atoms with Crippen LogP contribution >= 0.6 is 11.6 Å². The van der Waals surface area contributed by atoms with Crippen LogP contribution in [0.2, 0.25) is 5.02 Å². The summed E-state index contributed by atoms with van der Waals surface area (Å²) in [6, 6.07) is 2.74. The molecule has 9 heteroatoms. The van der Waals surface area contributed by atoms with E-state index >= 15 is 0 Å². The molecule has 2 aliphatic rings. The molecule has 1 aromatic rings. The minimum atomic E-state index is -0.547. The molecule has 0 N–H and O–H groups in total. The van der Waals surface area contributed by atoms with Crippen molar-refractivity contribution < 1.29 is 19.2 Å². The zero-order valence-corrected chi connectivity index (χ0v) is 16.3. The number of rotatable bonds is 2. The van der Waals surface area contributed by atoms with E-state index in [1.165, 1.54) is 12.1 Å². The highest BCUT2D eigenvalue weighted by molar-refractivity contribution is 6.33. The Morgan fingerprint density at radius 2 is 1.93 bits per heavy atom. The number of benzene rings is 1. The molecule has 0 bridgehead atoms. The number of halogens is 1. The molecular formula is C18H22ClN3O5. The van der Waals surface area contributed by atoms with Gasteiger partial charge in [-0.3, -0.25) is 14.9 Å². The fourth-order valence-corrected chi connectivity index (χ4v) is 3.70. The molecule has 0 aliphatic carbocycles. The number of carbonyl (C=O) groups is 2. The predicted octanol–water partition coefficient (Wildman–Crippen LogP) is 3.60. The average molecular weight is 396 g/mol. The van der Waals surface area contributed by atoms with Gasteiger partial charge in [0.15, 0.2) is 0 Å². The van der Waals surface area contributed by atoms with Gasteiger partial charge in [-0.25, -0.2) is 4.79 Å². The van der Waals surface area contributed by atoms with Gasteiger partial charge < -0.3 is 14.5 Å². The summed E-state index contributed by atoms with van der Waals surface area (Å²) in [5.41, 5.74) is 0.296. The molecule has 0 aromatic heterocycles. The third kappa shape index (κ3) is 4.00. The first-order valence-electron chi connectivity index (χ1n) is 8.82. The number of carbonyl (C=O) groups excluding carboxylic acids is 2. The van der Waals surface area contributed by atoms with Crippen molar-refractivity contribution in [2.24, 2.45) is 0 Å². The van der Waals surface area contributed by atoms with Gasteiger partial charge in [0.25, 0.3) is 11.6 Å². The van der Waals surface area contributed by atoms with Crippen LogP contribution in [0, 0.1) is 10.1 Å². The third-order valence-corrected chi connectivity index (χ3v) is 5.06. The summed E-state index contributed by atoms with van der Waals surface area (Å²) in [5, 5.41) is 11.0. The largest absolute Gasteiger partial charge is 0.444 e. The third-order valence-electron chi connectivity index (χ3n) is 4.76. The fraction of sp³-hybridized carbons (Fsp3) is 0.556. The van der Waals surface area contributed by atoms with Gasteiger partial charge in [0.05, 0.1) is 4.92 Å². The molecule has 0 unspecified atom stereocenters. The summed E-state index contributed by atoms with van der Waals surface area (Å²) in [5.74, 6) is -0.169. The smallest absolute Gasteiger partial charge is 0.410 e. The van der Waals surface area contributed by atoms with Gasteiger partial charge in [-0.1, -0.05) is 11.6 Å². The summed E-state index contributed by atoms with van der Waals surface area (Å²) in [7, 11) is 0. The summed E-state index contributed by atoms with van der Waals surface area (Å²) < 4.78 is 5.39. The van der Waals surface area contributed by atoms with E-state index < -0.39 is 10.5 Å². The van der Waals surface area contributed by atoms with Gasteiger partial charge in [0, 0.05) is 37.3 Å². The van der Waals surface area contributed by atoms with Crippen molar-refractivity contribution in [2.75, 3.05) is 13.1 Å². The molecule has 3 rings (SSSR count). The predicted molar refractivity (Wildman–Crippen MR) is 98.8 cm³/mol. The Kier molecular flexibility index (Phi) is 5.03. The van der Waals surface area contributed by atoms with Gasteiger partial charge in [0.1, 0.15) is 10.6 Å². The minimum Gasteiger partial charge on any atom is -0.444 e. The van der Waals surface area contributed by atoms with Crippen LogP contribution in [0.15, 0.2) is 12.1 Å². The number of amides is 2. The van der Waals surface area contributed by atoms with E-state index in [0.717, 1.165) is 0 Å². The van der Waals surface area contributed by atoms with E-state index in [0.29, 0.717) is 43.6 Å². The molecule has 2 heterocycles. The number of likely N-dealkylation sites (tertiary alicyclic amines) is 1. The van der Waals surface area contributed by atoms with Crippen molar-refractivity contribution in [3.8, 4) is 0 Å².